The lowest BCUT2D eigenvalue weighted by Gasteiger charge is -2.08. The maximum absolute atomic E-state index is 13.9. The van der Waals surface area contributed by atoms with Crippen LogP contribution in [0, 0.1) is 11.6 Å². The molecule has 0 saturated carbocycles. The van der Waals surface area contributed by atoms with Crippen molar-refractivity contribution in [2.75, 3.05) is 23.4 Å². The van der Waals surface area contributed by atoms with Gasteiger partial charge in [-0.25, -0.2) is 13.8 Å². The fourth-order valence-electron chi connectivity index (χ4n) is 2.13. The molecule has 0 atom stereocenters. The van der Waals surface area contributed by atoms with Crippen molar-refractivity contribution >= 4 is 34.1 Å². The average molecular weight is 318 g/mol. The number of nitrogens with zero attached hydrogens (tertiary/aromatic N) is 2. The maximum atomic E-state index is 13.9. The summed E-state index contributed by atoms with van der Waals surface area (Å²) in [7, 11) is 1.68. The van der Waals surface area contributed by atoms with Crippen LogP contribution in [0.15, 0.2) is 24.4 Å². The Morgan fingerprint density at radius 2 is 2.13 bits per heavy atom. The molecule has 1 aromatic carbocycles. The molecule has 0 unspecified atom stereocenters. The van der Waals surface area contributed by atoms with Crippen LogP contribution in [0.25, 0.3) is 11.0 Å². The van der Waals surface area contributed by atoms with Crippen LogP contribution >= 0.6 is 0 Å². The number of carbonyl (C=O) groups is 1. The molecule has 2 aromatic heterocycles. The first kappa shape index (κ1) is 14.7. The summed E-state index contributed by atoms with van der Waals surface area (Å²) in [6, 6.07) is 3.57. The zero-order valence-electron chi connectivity index (χ0n) is 11.9. The number of nitrogens with two attached hydrogens (primary N) is 1. The third kappa shape index (κ3) is 2.52. The number of amides is 1. The van der Waals surface area contributed by atoms with E-state index in [1.54, 1.807) is 13.1 Å². The minimum atomic E-state index is -1.10. The summed E-state index contributed by atoms with van der Waals surface area (Å²) in [6.45, 7) is 0. The van der Waals surface area contributed by atoms with Gasteiger partial charge in [-0.05, 0) is 18.2 Å². The Balaban J connectivity index is 1.96. The van der Waals surface area contributed by atoms with Gasteiger partial charge in [0, 0.05) is 7.05 Å². The third-order valence-corrected chi connectivity index (χ3v) is 3.26. The maximum Gasteiger partial charge on any atom is 0.261 e. The quantitative estimate of drug-likeness (QED) is 0.553. The predicted molar refractivity (Wildman–Crippen MR) is 82.2 cm³/mol. The van der Waals surface area contributed by atoms with Crippen LogP contribution in [-0.4, -0.2) is 28.1 Å². The number of benzene rings is 1. The molecule has 0 aliphatic rings. The normalized spacial score (nSPS) is 10.7. The number of pyridine rings is 1. The second kappa shape index (κ2) is 5.52. The Kier molecular flexibility index (Phi) is 3.53. The fourth-order valence-corrected chi connectivity index (χ4v) is 2.13. The molecule has 5 N–H and O–H groups in total. The molecule has 0 aliphatic heterocycles. The highest BCUT2D eigenvalue weighted by Gasteiger charge is 2.20. The molecule has 118 valence electrons. The number of hydrogen-bond acceptors (Lipinski definition) is 5. The molecule has 0 fully saturated rings. The molecule has 7 nitrogen and oxygen atoms in total. The van der Waals surface area contributed by atoms with E-state index in [4.69, 9.17) is 5.73 Å². The second-order valence-corrected chi connectivity index (χ2v) is 4.72. The van der Waals surface area contributed by atoms with E-state index in [9.17, 15) is 13.6 Å². The van der Waals surface area contributed by atoms with E-state index >= 15 is 0 Å². The number of halogens is 2. The van der Waals surface area contributed by atoms with E-state index in [-0.39, 0.29) is 11.4 Å². The van der Waals surface area contributed by atoms with Gasteiger partial charge in [-0.1, -0.05) is 0 Å². The number of nitrogen functional groups attached to an aromatic ring is 1. The minimum absolute atomic E-state index is 0.265. The molecule has 0 bridgehead atoms. The van der Waals surface area contributed by atoms with Gasteiger partial charge in [0.15, 0.2) is 17.3 Å². The standard InChI is InChI=1S/C14H12F2N6O/c1-18-12-7-4-6(5-19-13(7)22-21-12)20-14(23)10-8(15)2-3-9(17)11(10)16/h2-5H,17H2,1H3,(H,20,23)(H2,18,19,21,22). The van der Waals surface area contributed by atoms with E-state index in [0.717, 1.165) is 12.1 Å². The summed E-state index contributed by atoms with van der Waals surface area (Å²) >= 11 is 0. The Morgan fingerprint density at radius 3 is 2.87 bits per heavy atom. The van der Waals surface area contributed by atoms with Gasteiger partial charge >= 0.3 is 0 Å². The van der Waals surface area contributed by atoms with E-state index < -0.39 is 23.1 Å². The van der Waals surface area contributed by atoms with Crippen molar-refractivity contribution in [2.45, 2.75) is 0 Å². The van der Waals surface area contributed by atoms with Gasteiger partial charge in [0.2, 0.25) is 0 Å². The number of nitrogens with one attached hydrogen (secondary N) is 3. The number of anilines is 3. The number of aromatic amines is 1. The lowest BCUT2D eigenvalue weighted by molar-refractivity contribution is 0.101. The van der Waals surface area contributed by atoms with Crippen LogP contribution in [-0.2, 0) is 0 Å². The number of rotatable bonds is 3. The van der Waals surface area contributed by atoms with Gasteiger partial charge in [0.1, 0.15) is 11.4 Å². The Morgan fingerprint density at radius 1 is 1.35 bits per heavy atom. The Hall–Kier alpha value is -3.23. The number of H-pyrrole nitrogens is 1. The van der Waals surface area contributed by atoms with E-state index in [1.807, 2.05) is 0 Å². The van der Waals surface area contributed by atoms with Gasteiger partial charge in [-0.2, -0.15) is 5.10 Å². The van der Waals surface area contributed by atoms with Crippen LogP contribution in [0.1, 0.15) is 10.4 Å². The molecule has 2 heterocycles. The number of fused-ring (bicyclic) bond motifs is 1. The van der Waals surface area contributed by atoms with E-state index in [0.29, 0.717) is 16.9 Å². The SMILES string of the molecule is CNc1n[nH]c2ncc(NC(=O)c3c(F)ccc(N)c3F)cc12. The highest BCUT2D eigenvalue weighted by molar-refractivity contribution is 6.06. The van der Waals surface area contributed by atoms with Crippen molar-refractivity contribution in [3.63, 3.8) is 0 Å². The molecule has 3 rings (SSSR count). The molecular formula is C14H12F2N6O. The first-order valence-electron chi connectivity index (χ1n) is 6.58. The van der Waals surface area contributed by atoms with Gasteiger partial charge in [-0.3, -0.25) is 9.89 Å². The number of aromatic nitrogens is 3. The largest absolute Gasteiger partial charge is 0.396 e. The van der Waals surface area contributed by atoms with Crippen LogP contribution in [0.5, 0.6) is 0 Å². The number of hydrogen-bond donors (Lipinski definition) is 4. The van der Waals surface area contributed by atoms with Crippen LogP contribution in [0.3, 0.4) is 0 Å². The third-order valence-electron chi connectivity index (χ3n) is 3.26. The van der Waals surface area contributed by atoms with Gasteiger partial charge in [0.05, 0.1) is 23.0 Å². The van der Waals surface area contributed by atoms with Crippen molar-refractivity contribution in [3.05, 3.63) is 41.6 Å². The molecule has 9 heteroatoms. The summed E-state index contributed by atoms with van der Waals surface area (Å²) in [5.74, 6) is -2.52. The van der Waals surface area contributed by atoms with Crippen molar-refractivity contribution < 1.29 is 13.6 Å². The molecule has 1 amide bonds. The Labute approximate surface area is 128 Å². The van der Waals surface area contributed by atoms with Crippen LogP contribution in [0.4, 0.5) is 26.0 Å². The molecular weight excluding hydrogens is 306 g/mol. The minimum Gasteiger partial charge on any atom is -0.396 e. The highest BCUT2D eigenvalue weighted by Crippen LogP contribution is 2.23. The van der Waals surface area contributed by atoms with Gasteiger partial charge < -0.3 is 16.4 Å². The molecule has 0 radical (unpaired) electrons. The predicted octanol–water partition coefficient (Wildman–Crippen LogP) is 2.11. The highest BCUT2D eigenvalue weighted by atomic mass is 19.1. The first-order valence-corrected chi connectivity index (χ1v) is 6.58. The molecule has 0 spiro atoms. The number of carbonyl (C=O) groups excluding carboxylic acids is 1. The van der Waals surface area contributed by atoms with Crippen molar-refractivity contribution in [1.82, 2.24) is 15.2 Å². The van der Waals surface area contributed by atoms with Crippen molar-refractivity contribution in [3.8, 4) is 0 Å². The molecule has 0 aliphatic carbocycles. The van der Waals surface area contributed by atoms with Crippen molar-refractivity contribution in [2.24, 2.45) is 0 Å². The van der Waals surface area contributed by atoms with Crippen LogP contribution in [0.2, 0.25) is 0 Å². The second-order valence-electron chi connectivity index (χ2n) is 4.72. The lowest BCUT2D eigenvalue weighted by Crippen LogP contribution is -2.17. The average Bonchev–Trinajstić information content (AvgIpc) is 2.93. The zero-order valence-corrected chi connectivity index (χ0v) is 11.9. The zero-order chi connectivity index (χ0) is 16.6. The molecule has 23 heavy (non-hydrogen) atoms. The van der Waals surface area contributed by atoms with Gasteiger partial charge in [-0.15, -0.1) is 0 Å². The summed E-state index contributed by atoms with van der Waals surface area (Å²) in [4.78, 5) is 16.2. The summed E-state index contributed by atoms with van der Waals surface area (Å²) in [5.41, 5.74) is 5.09. The van der Waals surface area contributed by atoms with Crippen molar-refractivity contribution in [1.29, 1.82) is 0 Å². The molecule has 0 saturated heterocycles. The van der Waals surface area contributed by atoms with Gasteiger partial charge in [0.25, 0.3) is 5.91 Å². The summed E-state index contributed by atoms with van der Waals surface area (Å²) in [5, 5.41) is 12.6. The van der Waals surface area contributed by atoms with E-state index in [1.165, 1.54) is 6.20 Å². The Bertz CT molecular complexity index is 908. The summed E-state index contributed by atoms with van der Waals surface area (Å²) in [6.07, 6.45) is 1.35. The van der Waals surface area contributed by atoms with Crippen LogP contribution < -0.4 is 16.4 Å². The molecule has 3 aromatic rings. The smallest absolute Gasteiger partial charge is 0.261 e. The summed E-state index contributed by atoms with van der Waals surface area (Å²) < 4.78 is 27.6. The lowest BCUT2D eigenvalue weighted by atomic mass is 10.1. The van der Waals surface area contributed by atoms with E-state index in [2.05, 4.69) is 25.8 Å². The monoisotopic (exact) mass is 318 g/mol. The fraction of sp³-hybridized carbons (Fsp3) is 0.0714. The first-order chi connectivity index (χ1) is 11.0. The topological polar surface area (TPSA) is 109 Å².